The molecule has 0 fully saturated rings. The molecule has 8 heteroatoms. The number of carboxylic acid groups (broad SMARTS) is 1. The second-order valence-corrected chi connectivity index (χ2v) is 7.56. The van der Waals surface area contributed by atoms with Crippen LogP contribution in [-0.2, 0) is 33.4 Å². The Labute approximate surface area is 185 Å². The van der Waals surface area contributed by atoms with Crippen LogP contribution in [0.4, 0.5) is 0 Å². The van der Waals surface area contributed by atoms with Gasteiger partial charge in [-0.25, -0.2) is 9.59 Å². The molecule has 8 nitrogen and oxygen atoms in total. The van der Waals surface area contributed by atoms with Gasteiger partial charge in [0, 0.05) is 19.6 Å². The van der Waals surface area contributed by atoms with Crippen molar-refractivity contribution >= 4 is 23.9 Å². The minimum Gasteiger partial charge on any atom is -0.478 e. The van der Waals surface area contributed by atoms with E-state index in [2.05, 4.69) is 0 Å². The minimum absolute atomic E-state index is 0.0350. The largest absolute Gasteiger partial charge is 0.478 e. The van der Waals surface area contributed by atoms with E-state index < -0.39 is 29.3 Å². The highest BCUT2D eigenvalue weighted by Gasteiger charge is 2.48. The molecule has 0 spiro atoms. The predicted octanol–water partition coefficient (Wildman–Crippen LogP) is 4.20. The zero-order chi connectivity index (χ0) is 23.9. The van der Waals surface area contributed by atoms with Gasteiger partial charge in [0.15, 0.2) is 0 Å². The van der Waals surface area contributed by atoms with Gasteiger partial charge in [0.2, 0.25) is 0 Å². The van der Waals surface area contributed by atoms with Gasteiger partial charge in [0.1, 0.15) is 12.0 Å². The first kappa shape index (κ1) is 28.8. The number of carboxylic acids is 1. The molecule has 0 heterocycles. The predicted molar refractivity (Wildman–Crippen MR) is 115 cm³/mol. The van der Waals surface area contributed by atoms with Crippen molar-refractivity contribution in [2.75, 3.05) is 20.3 Å². The van der Waals surface area contributed by atoms with Gasteiger partial charge in [-0.2, -0.15) is 0 Å². The maximum absolute atomic E-state index is 13.2. The summed E-state index contributed by atoms with van der Waals surface area (Å²) in [7, 11) is 1.46. The van der Waals surface area contributed by atoms with Crippen LogP contribution in [0.15, 0.2) is 11.1 Å². The Balaban J connectivity index is 6.79. The Morgan fingerprint density at radius 2 is 1.42 bits per heavy atom. The lowest BCUT2D eigenvalue weighted by atomic mass is 9.70. The van der Waals surface area contributed by atoms with Gasteiger partial charge >= 0.3 is 23.9 Å². The van der Waals surface area contributed by atoms with E-state index in [-0.39, 0.29) is 43.6 Å². The Morgan fingerprint density at radius 3 is 1.84 bits per heavy atom. The number of aliphatic carboxylic acids is 1. The van der Waals surface area contributed by atoms with E-state index in [9.17, 15) is 24.3 Å². The summed E-state index contributed by atoms with van der Waals surface area (Å²) >= 11 is 0. The van der Waals surface area contributed by atoms with E-state index in [0.29, 0.717) is 32.1 Å². The molecular weight excluding hydrogens is 404 g/mol. The van der Waals surface area contributed by atoms with Crippen LogP contribution < -0.4 is 0 Å². The van der Waals surface area contributed by atoms with Gasteiger partial charge in [-0.05, 0) is 25.7 Å². The highest BCUT2D eigenvalue weighted by Crippen LogP contribution is 2.43. The second kappa shape index (κ2) is 15.6. The summed E-state index contributed by atoms with van der Waals surface area (Å²) in [4.78, 5) is 50.2. The van der Waals surface area contributed by atoms with Crippen LogP contribution in [0.5, 0.6) is 0 Å². The van der Waals surface area contributed by atoms with Crippen LogP contribution in [0.2, 0.25) is 0 Å². The van der Waals surface area contributed by atoms with E-state index in [4.69, 9.17) is 14.2 Å². The molecule has 0 aliphatic heterocycles. The molecule has 0 aliphatic rings. The molecule has 0 aromatic heterocycles. The standard InChI is InChI=1S/C23H38O8/c1-6-9-12-18(21(27)30-16-15-29-5)19(20(25)26)23(13-10-7-2,14-11-8-3)22(28)31-17(4)24/h6-16H2,1-5H3,(H,25,26). The molecule has 0 saturated carbocycles. The molecule has 0 rings (SSSR count). The molecule has 0 aromatic carbocycles. The van der Waals surface area contributed by atoms with Gasteiger partial charge in [-0.1, -0.05) is 52.9 Å². The number of ether oxygens (including phenoxy) is 3. The molecule has 0 aliphatic carbocycles. The highest BCUT2D eigenvalue weighted by atomic mass is 16.6. The molecule has 31 heavy (non-hydrogen) atoms. The topological polar surface area (TPSA) is 116 Å². The van der Waals surface area contributed by atoms with Gasteiger partial charge in [-0.15, -0.1) is 0 Å². The van der Waals surface area contributed by atoms with Crippen molar-refractivity contribution in [3.8, 4) is 0 Å². The van der Waals surface area contributed by atoms with E-state index >= 15 is 0 Å². The Hall–Kier alpha value is -2.22. The molecule has 0 unspecified atom stereocenters. The minimum atomic E-state index is -1.60. The quantitative estimate of drug-likeness (QED) is 0.164. The summed E-state index contributed by atoms with van der Waals surface area (Å²) < 4.78 is 15.1. The smallest absolute Gasteiger partial charge is 0.334 e. The molecular formula is C23H38O8. The fourth-order valence-corrected chi connectivity index (χ4v) is 3.48. The molecule has 0 aromatic rings. The molecule has 0 radical (unpaired) electrons. The number of esters is 3. The maximum atomic E-state index is 13.2. The summed E-state index contributed by atoms with van der Waals surface area (Å²) in [5, 5.41) is 10.2. The molecule has 0 saturated heterocycles. The van der Waals surface area contributed by atoms with Crippen molar-refractivity contribution in [1.29, 1.82) is 0 Å². The SMILES string of the molecule is CCCCC(C(=O)OCCOC)=C(C(=O)O)C(CCCC)(CCCC)C(=O)OC(C)=O. The number of carbonyl (C=O) groups excluding carboxylic acids is 3. The number of hydrogen-bond acceptors (Lipinski definition) is 7. The lowest BCUT2D eigenvalue weighted by Crippen LogP contribution is -2.40. The summed E-state index contributed by atoms with van der Waals surface area (Å²) in [6.45, 7) is 6.98. The third-order valence-corrected chi connectivity index (χ3v) is 5.08. The first-order valence-electron chi connectivity index (χ1n) is 11.1. The first-order valence-corrected chi connectivity index (χ1v) is 11.1. The number of rotatable bonds is 16. The first-order chi connectivity index (χ1) is 14.7. The van der Waals surface area contributed by atoms with Gasteiger partial charge in [-0.3, -0.25) is 9.59 Å². The summed E-state index contributed by atoms with van der Waals surface area (Å²) in [6, 6.07) is 0. The monoisotopic (exact) mass is 442 g/mol. The number of unbranched alkanes of at least 4 members (excludes halogenated alkanes) is 3. The number of carbonyl (C=O) groups is 4. The molecule has 0 amide bonds. The third-order valence-electron chi connectivity index (χ3n) is 5.08. The second-order valence-electron chi connectivity index (χ2n) is 7.56. The van der Waals surface area contributed by atoms with Crippen LogP contribution in [-0.4, -0.2) is 49.3 Å². The van der Waals surface area contributed by atoms with Crippen LogP contribution in [0.1, 0.15) is 85.5 Å². The van der Waals surface area contributed by atoms with Crippen LogP contribution in [0.3, 0.4) is 0 Å². The highest BCUT2D eigenvalue weighted by molar-refractivity contribution is 6.06. The van der Waals surface area contributed by atoms with Gasteiger partial charge in [0.05, 0.1) is 12.2 Å². The Bertz CT molecular complexity index is 627. The van der Waals surface area contributed by atoms with E-state index in [1.807, 2.05) is 20.8 Å². The molecule has 0 bridgehead atoms. The summed E-state index contributed by atoms with van der Waals surface area (Å²) in [5.74, 6) is -3.89. The fourth-order valence-electron chi connectivity index (χ4n) is 3.48. The van der Waals surface area contributed by atoms with Crippen molar-refractivity contribution in [3.63, 3.8) is 0 Å². The summed E-state index contributed by atoms with van der Waals surface area (Å²) in [6.07, 6.45) is 4.23. The average molecular weight is 443 g/mol. The average Bonchev–Trinajstić information content (AvgIpc) is 2.71. The normalized spacial score (nSPS) is 12.2. The molecule has 178 valence electrons. The lowest BCUT2D eigenvalue weighted by molar-refractivity contribution is -0.166. The lowest BCUT2D eigenvalue weighted by Gasteiger charge is -2.33. The van der Waals surface area contributed by atoms with Crippen molar-refractivity contribution < 1.29 is 38.5 Å². The number of hydrogen-bond donors (Lipinski definition) is 1. The van der Waals surface area contributed by atoms with Crippen molar-refractivity contribution in [2.24, 2.45) is 5.41 Å². The Morgan fingerprint density at radius 1 is 0.871 bits per heavy atom. The van der Waals surface area contributed by atoms with Crippen LogP contribution >= 0.6 is 0 Å². The molecule has 1 N–H and O–H groups in total. The Kier molecular flexibility index (Phi) is 14.4. The van der Waals surface area contributed by atoms with Crippen molar-refractivity contribution in [2.45, 2.75) is 85.5 Å². The zero-order valence-corrected chi connectivity index (χ0v) is 19.6. The maximum Gasteiger partial charge on any atom is 0.334 e. The zero-order valence-electron chi connectivity index (χ0n) is 19.6. The van der Waals surface area contributed by atoms with Gasteiger partial charge in [0.25, 0.3) is 0 Å². The molecule has 0 atom stereocenters. The van der Waals surface area contributed by atoms with E-state index in [1.54, 1.807) is 0 Å². The third kappa shape index (κ3) is 9.21. The van der Waals surface area contributed by atoms with Crippen LogP contribution in [0, 0.1) is 5.41 Å². The van der Waals surface area contributed by atoms with E-state index in [0.717, 1.165) is 13.3 Å². The summed E-state index contributed by atoms with van der Waals surface area (Å²) in [5.41, 5.74) is -1.96. The van der Waals surface area contributed by atoms with Gasteiger partial charge < -0.3 is 19.3 Å². The van der Waals surface area contributed by atoms with Crippen molar-refractivity contribution in [3.05, 3.63) is 11.1 Å². The number of methoxy groups -OCH3 is 1. The fraction of sp³-hybridized carbons (Fsp3) is 0.739. The van der Waals surface area contributed by atoms with Crippen LogP contribution in [0.25, 0.3) is 0 Å². The van der Waals surface area contributed by atoms with Crippen molar-refractivity contribution in [1.82, 2.24) is 0 Å². The van der Waals surface area contributed by atoms with E-state index in [1.165, 1.54) is 7.11 Å².